The summed E-state index contributed by atoms with van der Waals surface area (Å²) in [4.78, 5) is 4.26. The van der Waals surface area contributed by atoms with Gasteiger partial charge in [-0.1, -0.05) is 23.7 Å². The first-order valence-corrected chi connectivity index (χ1v) is 7.08. The quantitative estimate of drug-likeness (QED) is 0.882. The number of benzene rings is 1. The molecule has 20 heavy (non-hydrogen) atoms. The molecule has 3 nitrogen and oxygen atoms in total. The Balaban J connectivity index is 1.92. The molecule has 2 rings (SSSR count). The number of aromatic nitrogens is 1. The molecule has 0 bridgehead atoms. The van der Waals surface area contributed by atoms with Crippen LogP contribution in [0, 0.1) is 0 Å². The van der Waals surface area contributed by atoms with Crippen molar-refractivity contribution < 1.29 is 4.74 Å². The zero-order chi connectivity index (χ0) is 14.4. The monoisotopic (exact) mass is 290 g/mol. The van der Waals surface area contributed by atoms with Gasteiger partial charge in [0.2, 0.25) is 0 Å². The Kier molecular flexibility index (Phi) is 5.39. The van der Waals surface area contributed by atoms with Gasteiger partial charge in [0.05, 0.1) is 6.61 Å². The maximum absolute atomic E-state index is 6.27. The van der Waals surface area contributed by atoms with Crippen LogP contribution < -0.4 is 10.1 Å². The van der Waals surface area contributed by atoms with Crippen molar-refractivity contribution in [3.05, 3.63) is 58.9 Å². The number of ether oxygens (including phenoxy) is 1. The molecule has 1 aromatic heterocycles. The normalized spacial score (nSPS) is 12.2. The molecule has 0 aliphatic heterocycles. The van der Waals surface area contributed by atoms with Gasteiger partial charge in [-0.2, -0.15) is 0 Å². The van der Waals surface area contributed by atoms with Crippen LogP contribution >= 0.6 is 11.6 Å². The Morgan fingerprint density at radius 1 is 1.30 bits per heavy atom. The summed E-state index contributed by atoms with van der Waals surface area (Å²) in [5.41, 5.74) is 2.10. The second kappa shape index (κ2) is 7.27. The van der Waals surface area contributed by atoms with Crippen LogP contribution in [-0.4, -0.2) is 18.6 Å². The number of nitrogens with one attached hydrogen (secondary N) is 1. The molecule has 0 radical (unpaired) electrons. The SMILES string of the molecule is CNC(C)c1ccc(OCCc2ccccn2)cc1Cl. The van der Waals surface area contributed by atoms with Crippen LogP contribution in [0.5, 0.6) is 5.75 Å². The largest absolute Gasteiger partial charge is 0.493 e. The van der Waals surface area contributed by atoms with E-state index in [1.165, 1.54) is 0 Å². The van der Waals surface area contributed by atoms with E-state index >= 15 is 0 Å². The lowest BCUT2D eigenvalue weighted by Crippen LogP contribution is -2.12. The van der Waals surface area contributed by atoms with Gasteiger partial charge in [0.25, 0.3) is 0 Å². The molecular weight excluding hydrogens is 272 g/mol. The second-order valence-electron chi connectivity index (χ2n) is 4.61. The van der Waals surface area contributed by atoms with E-state index in [-0.39, 0.29) is 6.04 Å². The summed E-state index contributed by atoms with van der Waals surface area (Å²) in [5, 5.41) is 3.90. The first-order valence-electron chi connectivity index (χ1n) is 6.70. The topological polar surface area (TPSA) is 34.1 Å². The first-order chi connectivity index (χ1) is 9.70. The maximum atomic E-state index is 6.27. The number of pyridine rings is 1. The summed E-state index contributed by atoms with van der Waals surface area (Å²) < 4.78 is 5.71. The minimum absolute atomic E-state index is 0.227. The van der Waals surface area contributed by atoms with E-state index in [1.807, 2.05) is 43.4 Å². The fourth-order valence-corrected chi connectivity index (χ4v) is 2.26. The molecule has 106 valence electrons. The summed E-state index contributed by atoms with van der Waals surface area (Å²) in [6.45, 7) is 2.66. The molecule has 1 unspecified atom stereocenters. The van der Waals surface area contributed by atoms with Crippen LogP contribution in [0.15, 0.2) is 42.6 Å². The van der Waals surface area contributed by atoms with Crippen LogP contribution in [0.1, 0.15) is 24.2 Å². The van der Waals surface area contributed by atoms with E-state index in [4.69, 9.17) is 16.3 Å². The summed E-state index contributed by atoms with van der Waals surface area (Å²) >= 11 is 6.27. The zero-order valence-electron chi connectivity index (χ0n) is 11.8. The highest BCUT2D eigenvalue weighted by Crippen LogP contribution is 2.27. The average Bonchev–Trinajstić information content (AvgIpc) is 2.48. The van der Waals surface area contributed by atoms with Gasteiger partial charge in [-0.15, -0.1) is 0 Å². The lowest BCUT2D eigenvalue weighted by Gasteiger charge is -2.14. The van der Waals surface area contributed by atoms with E-state index in [1.54, 1.807) is 6.20 Å². The first kappa shape index (κ1) is 14.8. The minimum Gasteiger partial charge on any atom is -0.493 e. The lowest BCUT2D eigenvalue weighted by molar-refractivity contribution is 0.320. The highest BCUT2D eigenvalue weighted by atomic mass is 35.5. The molecule has 0 spiro atoms. The van der Waals surface area contributed by atoms with Crippen molar-refractivity contribution in [2.45, 2.75) is 19.4 Å². The molecule has 1 aromatic carbocycles. The molecule has 0 saturated heterocycles. The van der Waals surface area contributed by atoms with Gasteiger partial charge in [0.1, 0.15) is 5.75 Å². The third kappa shape index (κ3) is 3.95. The summed E-state index contributed by atoms with van der Waals surface area (Å²) in [6, 6.07) is 11.9. The van der Waals surface area contributed by atoms with Crippen molar-refractivity contribution in [1.29, 1.82) is 0 Å². The Bertz CT molecular complexity index is 545. The van der Waals surface area contributed by atoms with Gasteiger partial charge in [-0.25, -0.2) is 0 Å². The molecule has 0 aliphatic carbocycles. The number of rotatable bonds is 6. The van der Waals surface area contributed by atoms with Crippen LogP contribution in [0.4, 0.5) is 0 Å². The van der Waals surface area contributed by atoms with E-state index in [2.05, 4.69) is 17.2 Å². The van der Waals surface area contributed by atoms with Gasteiger partial charge in [0.15, 0.2) is 0 Å². The Morgan fingerprint density at radius 3 is 2.80 bits per heavy atom. The minimum atomic E-state index is 0.227. The van der Waals surface area contributed by atoms with Gasteiger partial charge < -0.3 is 10.1 Å². The highest BCUT2D eigenvalue weighted by Gasteiger charge is 2.08. The predicted molar refractivity (Wildman–Crippen MR) is 82.4 cm³/mol. The van der Waals surface area contributed by atoms with Crippen LogP contribution in [0.3, 0.4) is 0 Å². The molecule has 0 amide bonds. The summed E-state index contributed by atoms with van der Waals surface area (Å²) in [5.74, 6) is 0.790. The Hall–Kier alpha value is -1.58. The molecular formula is C16H19ClN2O. The predicted octanol–water partition coefficient (Wildman–Crippen LogP) is 3.64. The zero-order valence-corrected chi connectivity index (χ0v) is 12.5. The molecule has 0 saturated carbocycles. The number of nitrogens with zero attached hydrogens (tertiary/aromatic N) is 1. The molecule has 0 aliphatic rings. The smallest absolute Gasteiger partial charge is 0.120 e. The molecule has 1 N–H and O–H groups in total. The Labute approximate surface area is 124 Å². The maximum Gasteiger partial charge on any atom is 0.120 e. The molecule has 0 fully saturated rings. The molecule has 2 aromatic rings. The number of hydrogen-bond acceptors (Lipinski definition) is 3. The van der Waals surface area contributed by atoms with Crippen molar-refractivity contribution in [3.63, 3.8) is 0 Å². The molecule has 4 heteroatoms. The Morgan fingerprint density at radius 2 is 2.15 bits per heavy atom. The third-order valence-electron chi connectivity index (χ3n) is 3.22. The van der Waals surface area contributed by atoms with Crippen molar-refractivity contribution in [2.75, 3.05) is 13.7 Å². The van der Waals surface area contributed by atoms with Crippen molar-refractivity contribution in [1.82, 2.24) is 10.3 Å². The summed E-state index contributed by atoms with van der Waals surface area (Å²) in [6.07, 6.45) is 2.58. The standard InChI is InChI=1S/C16H19ClN2O/c1-12(18-2)15-7-6-14(11-16(15)17)20-10-8-13-5-3-4-9-19-13/h3-7,9,11-12,18H,8,10H2,1-2H3. The second-order valence-corrected chi connectivity index (χ2v) is 5.02. The average molecular weight is 291 g/mol. The van der Waals surface area contributed by atoms with E-state index in [9.17, 15) is 0 Å². The van der Waals surface area contributed by atoms with Gasteiger partial charge in [0, 0.05) is 29.4 Å². The number of halogens is 1. The lowest BCUT2D eigenvalue weighted by atomic mass is 10.1. The van der Waals surface area contributed by atoms with Crippen molar-refractivity contribution in [3.8, 4) is 5.75 Å². The highest BCUT2D eigenvalue weighted by molar-refractivity contribution is 6.31. The molecule has 1 heterocycles. The van der Waals surface area contributed by atoms with E-state index in [0.717, 1.165) is 28.5 Å². The fourth-order valence-electron chi connectivity index (χ4n) is 1.92. The number of hydrogen-bond donors (Lipinski definition) is 1. The van der Waals surface area contributed by atoms with Gasteiger partial charge >= 0.3 is 0 Å². The van der Waals surface area contributed by atoms with Crippen LogP contribution in [0.25, 0.3) is 0 Å². The third-order valence-corrected chi connectivity index (χ3v) is 3.55. The molecule has 1 atom stereocenters. The van der Waals surface area contributed by atoms with Gasteiger partial charge in [-0.3, -0.25) is 4.98 Å². The summed E-state index contributed by atoms with van der Waals surface area (Å²) in [7, 11) is 1.91. The fraction of sp³-hybridized carbons (Fsp3) is 0.312. The van der Waals surface area contributed by atoms with Crippen molar-refractivity contribution in [2.24, 2.45) is 0 Å². The van der Waals surface area contributed by atoms with E-state index in [0.29, 0.717) is 6.61 Å². The van der Waals surface area contributed by atoms with E-state index < -0.39 is 0 Å². The van der Waals surface area contributed by atoms with Crippen LogP contribution in [0.2, 0.25) is 5.02 Å². The van der Waals surface area contributed by atoms with Crippen molar-refractivity contribution >= 4 is 11.6 Å². The van der Waals surface area contributed by atoms with Gasteiger partial charge in [-0.05, 0) is 43.8 Å². The van der Waals surface area contributed by atoms with Crippen LogP contribution in [-0.2, 0) is 6.42 Å².